The second kappa shape index (κ2) is 8.61. The number of ether oxygens (including phenoxy) is 1. The predicted molar refractivity (Wildman–Crippen MR) is 111 cm³/mol. The quantitative estimate of drug-likeness (QED) is 0.884. The monoisotopic (exact) mass is 380 g/mol. The largest absolute Gasteiger partial charge is 0.382 e. The molecule has 6 heteroatoms. The van der Waals surface area contributed by atoms with Gasteiger partial charge in [0.05, 0.1) is 13.2 Å². The summed E-state index contributed by atoms with van der Waals surface area (Å²) in [7, 11) is 0. The zero-order chi connectivity index (χ0) is 19.3. The van der Waals surface area contributed by atoms with E-state index in [1.165, 1.54) is 5.56 Å². The molecule has 1 N–H and O–H groups in total. The summed E-state index contributed by atoms with van der Waals surface area (Å²) in [5.74, 6) is 0.0316. The van der Waals surface area contributed by atoms with Crippen LogP contribution in [-0.2, 0) is 4.74 Å². The van der Waals surface area contributed by atoms with Crippen molar-refractivity contribution in [2.24, 2.45) is 0 Å². The maximum Gasteiger partial charge on any atom is 0.272 e. The van der Waals surface area contributed by atoms with Crippen LogP contribution in [0.2, 0.25) is 0 Å². The highest BCUT2D eigenvalue weighted by atomic mass is 16.5. The first kappa shape index (κ1) is 18.7. The number of morpholine rings is 1. The number of piperidine rings is 1. The summed E-state index contributed by atoms with van der Waals surface area (Å²) < 4.78 is 5.41. The number of rotatable bonds is 4. The maximum absolute atomic E-state index is 12.9. The number of pyridine rings is 1. The van der Waals surface area contributed by atoms with Gasteiger partial charge < -0.3 is 19.9 Å². The Labute approximate surface area is 166 Å². The van der Waals surface area contributed by atoms with Gasteiger partial charge in [0.2, 0.25) is 0 Å². The number of amides is 1. The Kier molecular flexibility index (Phi) is 5.76. The van der Waals surface area contributed by atoms with Crippen LogP contribution < -0.4 is 10.2 Å². The molecule has 2 saturated heterocycles. The van der Waals surface area contributed by atoms with Gasteiger partial charge in [-0.1, -0.05) is 12.1 Å². The molecule has 6 nitrogen and oxygen atoms in total. The molecule has 2 aliphatic rings. The van der Waals surface area contributed by atoms with Gasteiger partial charge >= 0.3 is 0 Å². The van der Waals surface area contributed by atoms with E-state index in [0.29, 0.717) is 11.7 Å². The number of benzene rings is 1. The first-order valence-corrected chi connectivity index (χ1v) is 10.1. The summed E-state index contributed by atoms with van der Waals surface area (Å²) >= 11 is 0. The Balaban J connectivity index is 1.35. The van der Waals surface area contributed by atoms with E-state index in [1.54, 1.807) is 6.20 Å². The number of carbonyl (C=O) groups excluding carboxylic acids is 1. The zero-order valence-electron chi connectivity index (χ0n) is 16.4. The van der Waals surface area contributed by atoms with Crippen LogP contribution in [0.4, 0.5) is 11.4 Å². The Bertz CT molecular complexity index is 812. The minimum absolute atomic E-state index is 0.0316. The number of aromatic nitrogens is 1. The molecule has 148 valence electrons. The van der Waals surface area contributed by atoms with Crippen molar-refractivity contribution in [1.29, 1.82) is 0 Å². The van der Waals surface area contributed by atoms with Gasteiger partial charge in [0.15, 0.2) is 0 Å². The Hall–Kier alpha value is -2.60. The van der Waals surface area contributed by atoms with Crippen LogP contribution in [0, 0.1) is 6.92 Å². The molecule has 0 atom stereocenters. The Morgan fingerprint density at radius 2 is 1.89 bits per heavy atom. The van der Waals surface area contributed by atoms with Gasteiger partial charge in [-0.05, 0) is 49.6 Å². The van der Waals surface area contributed by atoms with E-state index < -0.39 is 0 Å². The number of anilines is 2. The second-order valence-corrected chi connectivity index (χ2v) is 7.58. The number of nitrogens with one attached hydrogen (secondary N) is 1. The minimum atomic E-state index is 0.0316. The SMILES string of the molecule is Cc1cccc(NC2CCN(C(=O)c3cc(N4CCOCC4)ccn3)CC2)c1. The summed E-state index contributed by atoms with van der Waals surface area (Å²) in [6.45, 7) is 6.78. The number of aryl methyl sites for hydroxylation is 1. The molecular formula is C22H28N4O2. The number of hydrogen-bond acceptors (Lipinski definition) is 5. The molecule has 0 saturated carbocycles. The predicted octanol–water partition coefficient (Wildman–Crippen LogP) is 2.94. The molecule has 0 unspecified atom stereocenters. The van der Waals surface area contributed by atoms with E-state index in [9.17, 15) is 4.79 Å². The molecule has 1 aromatic carbocycles. The first-order chi connectivity index (χ1) is 13.7. The third-order valence-electron chi connectivity index (χ3n) is 5.51. The van der Waals surface area contributed by atoms with Crippen LogP contribution in [0.3, 0.4) is 0 Å². The molecule has 1 amide bonds. The van der Waals surface area contributed by atoms with Gasteiger partial charge in [-0.2, -0.15) is 0 Å². The molecule has 4 rings (SSSR count). The molecule has 2 aromatic rings. The number of carbonyl (C=O) groups is 1. The standard InChI is InChI=1S/C22H28N4O2/c1-17-3-2-4-19(15-17)24-18-6-9-26(10-7-18)22(27)21-16-20(5-8-23-21)25-11-13-28-14-12-25/h2-5,8,15-16,18,24H,6-7,9-14H2,1H3. The van der Waals surface area contributed by atoms with Crippen LogP contribution in [0.25, 0.3) is 0 Å². The average molecular weight is 380 g/mol. The van der Waals surface area contributed by atoms with Crippen molar-refractivity contribution >= 4 is 17.3 Å². The Morgan fingerprint density at radius 1 is 1.11 bits per heavy atom. The molecule has 0 bridgehead atoms. The van der Waals surface area contributed by atoms with Gasteiger partial charge in [-0.15, -0.1) is 0 Å². The van der Waals surface area contributed by atoms with Crippen LogP contribution in [0.5, 0.6) is 0 Å². The third kappa shape index (κ3) is 4.44. The number of nitrogens with zero attached hydrogens (tertiary/aromatic N) is 3. The van der Waals surface area contributed by atoms with Gasteiger partial charge in [0.25, 0.3) is 5.91 Å². The lowest BCUT2D eigenvalue weighted by Crippen LogP contribution is -2.42. The van der Waals surface area contributed by atoms with E-state index in [-0.39, 0.29) is 5.91 Å². The van der Waals surface area contributed by atoms with E-state index in [0.717, 1.165) is 63.6 Å². The second-order valence-electron chi connectivity index (χ2n) is 7.58. The third-order valence-corrected chi connectivity index (χ3v) is 5.51. The van der Waals surface area contributed by atoms with Crippen LogP contribution >= 0.6 is 0 Å². The van der Waals surface area contributed by atoms with E-state index >= 15 is 0 Å². The smallest absolute Gasteiger partial charge is 0.272 e. The minimum Gasteiger partial charge on any atom is -0.382 e. The lowest BCUT2D eigenvalue weighted by molar-refractivity contribution is 0.0712. The molecule has 0 spiro atoms. The highest BCUT2D eigenvalue weighted by molar-refractivity contribution is 5.93. The van der Waals surface area contributed by atoms with Gasteiger partial charge in [-0.25, -0.2) is 0 Å². The van der Waals surface area contributed by atoms with Crippen molar-refractivity contribution in [1.82, 2.24) is 9.88 Å². The summed E-state index contributed by atoms with van der Waals surface area (Å²) in [6, 6.07) is 12.7. The van der Waals surface area contributed by atoms with Crippen LogP contribution in [0.15, 0.2) is 42.6 Å². The van der Waals surface area contributed by atoms with Crippen molar-refractivity contribution < 1.29 is 9.53 Å². The maximum atomic E-state index is 12.9. The normalized spacial score (nSPS) is 18.2. The van der Waals surface area contributed by atoms with Crippen LogP contribution in [0.1, 0.15) is 28.9 Å². The Morgan fingerprint density at radius 3 is 2.64 bits per heavy atom. The molecule has 28 heavy (non-hydrogen) atoms. The molecular weight excluding hydrogens is 352 g/mol. The topological polar surface area (TPSA) is 57.7 Å². The number of hydrogen-bond donors (Lipinski definition) is 1. The summed E-state index contributed by atoms with van der Waals surface area (Å²) in [5, 5.41) is 3.60. The number of likely N-dealkylation sites (tertiary alicyclic amines) is 1. The molecule has 0 radical (unpaired) electrons. The van der Waals surface area contributed by atoms with Gasteiger partial charge in [-0.3, -0.25) is 9.78 Å². The summed E-state index contributed by atoms with van der Waals surface area (Å²) in [6.07, 6.45) is 3.63. The van der Waals surface area contributed by atoms with Crippen molar-refractivity contribution in [3.63, 3.8) is 0 Å². The summed E-state index contributed by atoms with van der Waals surface area (Å²) in [4.78, 5) is 21.5. The van der Waals surface area contributed by atoms with Crippen molar-refractivity contribution in [3.05, 3.63) is 53.9 Å². The van der Waals surface area contributed by atoms with Crippen molar-refractivity contribution in [2.75, 3.05) is 49.6 Å². The van der Waals surface area contributed by atoms with Crippen molar-refractivity contribution in [2.45, 2.75) is 25.8 Å². The fourth-order valence-electron chi connectivity index (χ4n) is 3.91. The fourth-order valence-corrected chi connectivity index (χ4v) is 3.91. The first-order valence-electron chi connectivity index (χ1n) is 10.1. The molecule has 2 aliphatic heterocycles. The van der Waals surface area contributed by atoms with Crippen LogP contribution in [-0.4, -0.2) is 61.2 Å². The highest BCUT2D eigenvalue weighted by Crippen LogP contribution is 2.21. The highest BCUT2D eigenvalue weighted by Gasteiger charge is 2.25. The van der Waals surface area contributed by atoms with E-state index in [4.69, 9.17) is 4.74 Å². The summed E-state index contributed by atoms with van der Waals surface area (Å²) in [5.41, 5.74) is 4.00. The zero-order valence-corrected chi connectivity index (χ0v) is 16.4. The van der Waals surface area contributed by atoms with Crippen molar-refractivity contribution in [3.8, 4) is 0 Å². The van der Waals surface area contributed by atoms with E-state index in [1.807, 2.05) is 17.0 Å². The van der Waals surface area contributed by atoms with Gasteiger partial charge in [0.1, 0.15) is 5.69 Å². The van der Waals surface area contributed by atoms with Gasteiger partial charge in [0, 0.05) is 49.8 Å². The molecule has 0 aliphatic carbocycles. The lowest BCUT2D eigenvalue weighted by atomic mass is 10.0. The van der Waals surface area contributed by atoms with E-state index in [2.05, 4.69) is 46.4 Å². The molecule has 1 aromatic heterocycles. The average Bonchev–Trinajstić information content (AvgIpc) is 2.75. The molecule has 3 heterocycles. The fraction of sp³-hybridized carbons (Fsp3) is 0.455. The molecule has 2 fully saturated rings. The lowest BCUT2D eigenvalue weighted by Gasteiger charge is -2.33.